The Morgan fingerprint density at radius 2 is 1.05 bits per heavy atom. The van der Waals surface area contributed by atoms with Crippen LogP contribution in [-0.4, -0.2) is 176 Å². The van der Waals surface area contributed by atoms with Gasteiger partial charge in [0.1, 0.15) is 42.3 Å². The summed E-state index contributed by atoms with van der Waals surface area (Å²) < 4.78 is 0. The van der Waals surface area contributed by atoms with Crippen molar-refractivity contribution in [3.63, 3.8) is 0 Å². The number of nitrogens with two attached hydrogens (primary N) is 7. The van der Waals surface area contributed by atoms with E-state index in [1.54, 1.807) is 52.8 Å². The van der Waals surface area contributed by atoms with Crippen molar-refractivity contribution in [3.8, 4) is 0 Å². The fraction of sp³-hybridized carbons (Fsp3) is 0.627. The van der Waals surface area contributed by atoms with E-state index in [1.165, 1.54) is 19.1 Å². The number of carbonyl (C=O) groups is 11. The summed E-state index contributed by atoms with van der Waals surface area (Å²) in [7, 11) is 3.44. The van der Waals surface area contributed by atoms with Gasteiger partial charge < -0.3 is 87.4 Å². The zero-order valence-corrected chi connectivity index (χ0v) is 47.4. The average molecular weight is 1140 g/mol. The number of nitrogens with one attached hydrogen (secondary N) is 7. The van der Waals surface area contributed by atoms with Crippen LogP contribution >= 0.6 is 0 Å². The summed E-state index contributed by atoms with van der Waals surface area (Å²) in [5.74, 6) is -11.5. The van der Waals surface area contributed by atoms with Gasteiger partial charge in [0.15, 0.2) is 11.9 Å². The second-order valence-electron chi connectivity index (χ2n) is 20.5. The Bertz CT molecular complexity index is 2440. The number of hydrogen-bond acceptors (Lipinski definition) is 16. The lowest BCUT2D eigenvalue weighted by Crippen LogP contribution is -2.62. The SMILES string of the molecule is CC[C@H](C)[C@H](NC(=O)[C@H](CC(C)C)NC(=O)[C@H](CCCN=C(N)N)NC(=O)[C@H](CCCN=C(N)N)NC(=O)[C@H](CCCCN)NC(=O)[C@H](C)N)C(=O)N[C@@H](CN1C(=O)c2ccc(N(C)C)cc2C1=O)C(=O)N[C@@H](CCC(=O)O)C(N)=O. The number of aliphatic carboxylic acids is 1. The molecule has 30 heteroatoms. The highest BCUT2D eigenvalue weighted by Crippen LogP contribution is 2.27. The van der Waals surface area contributed by atoms with E-state index in [4.69, 9.17) is 40.1 Å². The van der Waals surface area contributed by atoms with Gasteiger partial charge in [0.25, 0.3) is 11.8 Å². The predicted molar refractivity (Wildman–Crippen MR) is 301 cm³/mol. The van der Waals surface area contributed by atoms with Crippen molar-refractivity contribution in [2.45, 2.75) is 154 Å². The second kappa shape index (κ2) is 34.1. The molecule has 81 heavy (non-hydrogen) atoms. The van der Waals surface area contributed by atoms with Crippen molar-refractivity contribution in [3.05, 3.63) is 29.3 Å². The summed E-state index contributed by atoms with van der Waals surface area (Å²) in [5.41, 5.74) is 39.7. The Hall–Kier alpha value is -8.15. The number of primary amides is 1. The van der Waals surface area contributed by atoms with Crippen LogP contribution in [0, 0.1) is 11.8 Å². The molecule has 1 aliphatic rings. The molecule has 10 amide bonds. The molecule has 2 rings (SSSR count). The number of benzene rings is 1. The number of carboxylic acid groups (broad SMARTS) is 1. The molecule has 0 aromatic heterocycles. The Labute approximate surface area is 471 Å². The lowest BCUT2D eigenvalue weighted by molar-refractivity contribution is -0.138. The second-order valence-corrected chi connectivity index (χ2v) is 20.5. The van der Waals surface area contributed by atoms with Crippen LogP contribution in [0.1, 0.15) is 126 Å². The largest absolute Gasteiger partial charge is 0.481 e. The number of carboxylic acids is 1. The van der Waals surface area contributed by atoms with Crippen molar-refractivity contribution in [1.82, 2.24) is 42.1 Å². The average Bonchev–Trinajstić information content (AvgIpc) is 3.90. The van der Waals surface area contributed by atoms with Crippen LogP contribution < -0.4 is 82.3 Å². The topological polar surface area (TPSA) is 506 Å². The van der Waals surface area contributed by atoms with Crippen LogP contribution in [0.15, 0.2) is 28.2 Å². The van der Waals surface area contributed by atoms with Gasteiger partial charge in [-0.1, -0.05) is 34.1 Å². The quantitative estimate of drug-likeness (QED) is 0.0130. The minimum absolute atomic E-state index is 0.0140. The molecular weight excluding hydrogens is 1060 g/mol. The van der Waals surface area contributed by atoms with Gasteiger partial charge in [-0.05, 0) is 101 Å². The first kappa shape index (κ1) is 69.0. The highest BCUT2D eigenvalue weighted by atomic mass is 16.4. The first-order valence-electron chi connectivity index (χ1n) is 26.9. The summed E-state index contributed by atoms with van der Waals surface area (Å²) in [6.45, 7) is 7.87. The lowest BCUT2D eigenvalue weighted by atomic mass is 9.96. The van der Waals surface area contributed by atoms with E-state index in [9.17, 15) is 57.8 Å². The monoisotopic (exact) mass is 1140 g/mol. The van der Waals surface area contributed by atoms with Gasteiger partial charge in [0.2, 0.25) is 47.3 Å². The maximum Gasteiger partial charge on any atom is 0.303 e. The number of amides is 10. The number of anilines is 1. The highest BCUT2D eigenvalue weighted by molar-refractivity contribution is 6.22. The van der Waals surface area contributed by atoms with Crippen molar-refractivity contribution < 1.29 is 57.8 Å². The Balaban J connectivity index is 2.59. The molecule has 22 N–H and O–H groups in total. The van der Waals surface area contributed by atoms with Crippen LogP contribution in [0.25, 0.3) is 0 Å². The molecule has 452 valence electrons. The molecule has 0 saturated carbocycles. The van der Waals surface area contributed by atoms with Crippen molar-refractivity contribution >= 4 is 82.6 Å². The molecule has 0 fully saturated rings. The summed E-state index contributed by atoms with van der Waals surface area (Å²) >= 11 is 0. The first-order valence-corrected chi connectivity index (χ1v) is 26.9. The van der Waals surface area contributed by atoms with Gasteiger partial charge in [0.05, 0.1) is 23.7 Å². The van der Waals surface area contributed by atoms with Crippen LogP contribution in [0.4, 0.5) is 5.69 Å². The number of rotatable bonds is 37. The minimum atomic E-state index is -1.81. The van der Waals surface area contributed by atoms with Gasteiger partial charge in [-0.15, -0.1) is 0 Å². The molecule has 0 aliphatic carbocycles. The number of nitrogens with zero attached hydrogens (tertiary/aromatic N) is 4. The number of hydrogen-bond donors (Lipinski definition) is 15. The molecular formula is C51H86N18O12. The zero-order valence-electron chi connectivity index (χ0n) is 47.4. The van der Waals surface area contributed by atoms with Gasteiger partial charge in [-0.3, -0.25) is 67.6 Å². The van der Waals surface area contributed by atoms with E-state index < -0.39 is 139 Å². The van der Waals surface area contributed by atoms with Crippen LogP contribution in [0.2, 0.25) is 0 Å². The number of guanidine groups is 2. The Morgan fingerprint density at radius 3 is 1.51 bits per heavy atom. The predicted octanol–water partition coefficient (Wildman–Crippen LogP) is -4.23. The van der Waals surface area contributed by atoms with E-state index in [0.717, 1.165) is 4.90 Å². The van der Waals surface area contributed by atoms with E-state index in [0.29, 0.717) is 25.1 Å². The number of aliphatic imine (C=N–C) groups is 2. The Kier molecular flexibility index (Phi) is 29.0. The number of unbranched alkanes of at least 4 members (excludes halogenated alkanes) is 1. The molecule has 1 aliphatic heterocycles. The summed E-state index contributed by atoms with van der Waals surface area (Å²) in [5, 5.41) is 27.5. The molecule has 0 unspecified atom stereocenters. The van der Waals surface area contributed by atoms with E-state index in [1.807, 2.05) is 0 Å². The molecule has 0 spiro atoms. The van der Waals surface area contributed by atoms with Gasteiger partial charge in [-0.2, -0.15) is 0 Å². The summed E-state index contributed by atoms with van der Waals surface area (Å²) in [4.78, 5) is 160. The lowest BCUT2D eigenvalue weighted by Gasteiger charge is -2.30. The summed E-state index contributed by atoms with van der Waals surface area (Å²) in [6, 6.07) is -6.55. The minimum Gasteiger partial charge on any atom is -0.481 e. The maximum absolute atomic E-state index is 14.5. The number of fused-ring (bicyclic) bond motifs is 1. The molecule has 0 saturated heterocycles. The molecule has 0 bridgehead atoms. The molecule has 30 nitrogen and oxygen atoms in total. The van der Waals surface area contributed by atoms with Crippen molar-refractivity contribution in [2.75, 3.05) is 45.2 Å². The third-order valence-electron chi connectivity index (χ3n) is 13.1. The third-order valence-corrected chi connectivity index (χ3v) is 13.1. The van der Waals surface area contributed by atoms with Crippen molar-refractivity contribution in [2.24, 2.45) is 62.0 Å². The van der Waals surface area contributed by atoms with Crippen LogP contribution in [0.5, 0.6) is 0 Å². The molecule has 9 atom stereocenters. The van der Waals surface area contributed by atoms with E-state index in [-0.39, 0.29) is 87.0 Å². The smallest absolute Gasteiger partial charge is 0.303 e. The fourth-order valence-corrected chi connectivity index (χ4v) is 8.27. The molecule has 1 heterocycles. The highest BCUT2D eigenvalue weighted by Gasteiger charge is 2.41. The molecule has 1 aromatic carbocycles. The van der Waals surface area contributed by atoms with E-state index >= 15 is 0 Å². The standard InChI is InChI=1S/C51H86N18O12/c1-8-27(4)39(47(79)66-37(46(78)61-32(40(54)72)18-19-38(70)71)25-69-48(80)30-17-16-29(68(6)7)24-31(30)49(69)81)67-45(77)36(23-26(2)3)65-44(76)35(15-12-22-60-51(57)58)64-43(75)34(14-11-21-59-50(55)56)63-42(74)33(13-9-10-20-52)62-41(73)28(5)53/h16-17,24,26-28,32-37,39H,8-15,18-23,25,52-53H2,1-7H3,(H2,54,72)(H,61,78)(H,62,73)(H,63,74)(H,64,75)(H,65,76)(H,66,79)(H,67,77)(H,70,71)(H4,55,56,59)(H4,57,58,60)/t27-,28-,32-,33-,34-,35-,36-,37-,39-/m0/s1. The van der Waals surface area contributed by atoms with Crippen LogP contribution in [-0.2, 0) is 43.2 Å². The van der Waals surface area contributed by atoms with Crippen LogP contribution in [0.3, 0.4) is 0 Å². The fourth-order valence-electron chi connectivity index (χ4n) is 8.27. The van der Waals surface area contributed by atoms with Crippen molar-refractivity contribution in [1.29, 1.82) is 0 Å². The summed E-state index contributed by atoms with van der Waals surface area (Å²) in [6.07, 6.45) is 0.423. The van der Waals surface area contributed by atoms with Gasteiger partial charge >= 0.3 is 5.97 Å². The normalized spacial score (nSPS) is 15.2. The number of carbonyl (C=O) groups excluding carboxylic acids is 10. The van der Waals surface area contributed by atoms with Gasteiger partial charge in [0, 0.05) is 39.3 Å². The molecule has 1 aromatic rings. The van der Waals surface area contributed by atoms with E-state index in [2.05, 4.69) is 47.2 Å². The first-order chi connectivity index (χ1) is 38.0. The zero-order chi connectivity index (χ0) is 61.3. The molecule has 0 radical (unpaired) electrons. The number of imide groups is 1. The third kappa shape index (κ3) is 23.2. The maximum atomic E-state index is 14.5. The Morgan fingerprint density at radius 1 is 0.593 bits per heavy atom. The van der Waals surface area contributed by atoms with Gasteiger partial charge in [-0.25, -0.2) is 0 Å².